The summed E-state index contributed by atoms with van der Waals surface area (Å²) in [7, 11) is 0. The minimum atomic E-state index is -0.423. The summed E-state index contributed by atoms with van der Waals surface area (Å²) in [6.07, 6.45) is 0. The monoisotopic (exact) mass is 332 g/mol. The fourth-order valence-electron chi connectivity index (χ4n) is 1.86. The van der Waals surface area contributed by atoms with Gasteiger partial charge in [-0.2, -0.15) is 0 Å². The Morgan fingerprint density at radius 1 is 0.667 bits per heavy atom. The van der Waals surface area contributed by atoms with Crippen molar-refractivity contribution >= 4 is 23.2 Å². The van der Waals surface area contributed by atoms with Crippen LogP contribution in [0, 0.1) is 34.6 Å². The summed E-state index contributed by atoms with van der Waals surface area (Å²) in [5.41, 5.74) is 7.47. The normalized spacial score (nSPS) is 10.4. The van der Waals surface area contributed by atoms with Crippen LogP contribution in [-0.4, -0.2) is 0 Å². The van der Waals surface area contributed by atoms with Gasteiger partial charge in [0.15, 0.2) is 0 Å². The van der Waals surface area contributed by atoms with Crippen molar-refractivity contribution in [2.45, 2.75) is 39.5 Å². The maximum Gasteiger partial charge on any atom is 0.133 e. The first-order valence-electron chi connectivity index (χ1n) is 4.73. The van der Waals surface area contributed by atoms with Crippen molar-refractivity contribution in [3.05, 3.63) is 33.4 Å². The van der Waals surface area contributed by atoms with E-state index in [4.69, 9.17) is 23.2 Å². The van der Waals surface area contributed by atoms with Gasteiger partial charge in [-0.15, -0.1) is 23.2 Å². The van der Waals surface area contributed by atoms with Crippen LogP contribution in [0.3, 0.4) is 0 Å². The van der Waals surface area contributed by atoms with Gasteiger partial charge < -0.3 is 0 Å². The molecule has 0 N–H and O–H groups in total. The van der Waals surface area contributed by atoms with Crippen molar-refractivity contribution in [2.24, 2.45) is 0 Å². The van der Waals surface area contributed by atoms with E-state index in [0.29, 0.717) is 0 Å². The molecule has 0 amide bonds. The zero-order valence-electron chi connectivity index (χ0n) is 9.69. The minimum absolute atomic E-state index is 0. The summed E-state index contributed by atoms with van der Waals surface area (Å²) >= 11 is 12.0. The van der Waals surface area contributed by atoms with Crippen LogP contribution in [0.1, 0.15) is 38.2 Å². The fourth-order valence-corrected chi connectivity index (χ4v) is 2.51. The zero-order chi connectivity index (χ0) is 11.0. The van der Waals surface area contributed by atoms with E-state index in [2.05, 4.69) is 34.6 Å². The van der Waals surface area contributed by atoms with E-state index < -0.39 is 4.84 Å². The van der Waals surface area contributed by atoms with Crippen molar-refractivity contribution < 1.29 is 19.5 Å². The van der Waals surface area contributed by atoms with Crippen molar-refractivity contribution in [2.75, 3.05) is 0 Å². The van der Waals surface area contributed by atoms with Crippen LogP contribution in [-0.2, 0) is 19.5 Å². The Morgan fingerprint density at radius 3 is 1.20 bits per heavy atom. The second-order valence-electron chi connectivity index (χ2n) is 3.84. The Labute approximate surface area is 115 Å². The predicted molar refractivity (Wildman–Crippen MR) is 64.6 cm³/mol. The standard InChI is InChI=1S/C12H16Cl2.Ru/c1-6-7(2)9(4)11(12(13)14)10(5)8(6)3;/h12H,1-5H3;. The van der Waals surface area contributed by atoms with E-state index in [1.165, 1.54) is 27.8 Å². The molecule has 1 aromatic carbocycles. The van der Waals surface area contributed by atoms with Crippen LogP contribution >= 0.6 is 23.2 Å². The second kappa shape index (κ2) is 5.66. The summed E-state index contributed by atoms with van der Waals surface area (Å²) in [4.78, 5) is -0.423. The zero-order valence-corrected chi connectivity index (χ0v) is 12.9. The van der Waals surface area contributed by atoms with E-state index in [0.717, 1.165) is 5.56 Å². The minimum Gasteiger partial charge on any atom is -0.100 e. The number of hydrogen-bond acceptors (Lipinski definition) is 0. The SMILES string of the molecule is Cc1c(C)c(C)c(C(Cl)Cl)c(C)c1C.[Ru]. The number of rotatable bonds is 1. The van der Waals surface area contributed by atoms with Crippen molar-refractivity contribution in [1.82, 2.24) is 0 Å². The summed E-state index contributed by atoms with van der Waals surface area (Å²) in [5.74, 6) is 0. The third-order valence-electron chi connectivity index (χ3n) is 3.28. The first-order valence-corrected chi connectivity index (χ1v) is 5.60. The van der Waals surface area contributed by atoms with Gasteiger partial charge in [-0.25, -0.2) is 0 Å². The van der Waals surface area contributed by atoms with Crippen LogP contribution in [0.4, 0.5) is 0 Å². The van der Waals surface area contributed by atoms with Gasteiger partial charge in [0.2, 0.25) is 0 Å². The number of alkyl halides is 2. The van der Waals surface area contributed by atoms with E-state index in [-0.39, 0.29) is 19.5 Å². The molecule has 0 saturated carbocycles. The summed E-state index contributed by atoms with van der Waals surface area (Å²) in [6.45, 7) is 10.6. The first kappa shape index (κ1) is 15.4. The Kier molecular flexibility index (Phi) is 5.82. The van der Waals surface area contributed by atoms with Crippen LogP contribution in [0.2, 0.25) is 0 Å². The van der Waals surface area contributed by atoms with Gasteiger partial charge in [-0.3, -0.25) is 0 Å². The third kappa shape index (κ3) is 2.76. The van der Waals surface area contributed by atoms with Crippen LogP contribution in [0.25, 0.3) is 0 Å². The maximum atomic E-state index is 5.98. The molecule has 0 saturated heterocycles. The van der Waals surface area contributed by atoms with Crippen molar-refractivity contribution in [3.8, 4) is 0 Å². The molecule has 0 bridgehead atoms. The van der Waals surface area contributed by atoms with Crippen LogP contribution in [0.5, 0.6) is 0 Å². The largest absolute Gasteiger partial charge is 0.133 e. The van der Waals surface area contributed by atoms with Crippen molar-refractivity contribution in [3.63, 3.8) is 0 Å². The topological polar surface area (TPSA) is 0 Å². The molecule has 0 heterocycles. The molecule has 1 rings (SSSR count). The average molecular weight is 332 g/mol. The Morgan fingerprint density at radius 2 is 0.933 bits per heavy atom. The Hall–Kier alpha value is 0.423. The number of hydrogen-bond donors (Lipinski definition) is 0. The van der Waals surface area contributed by atoms with Crippen LogP contribution < -0.4 is 0 Å². The molecule has 0 fully saturated rings. The Bertz CT molecular complexity index is 341. The predicted octanol–water partition coefficient (Wildman–Crippen LogP) is 4.70. The van der Waals surface area contributed by atoms with Gasteiger partial charge in [-0.05, 0) is 68.0 Å². The maximum absolute atomic E-state index is 5.98. The van der Waals surface area contributed by atoms with E-state index in [9.17, 15) is 0 Å². The molecule has 0 nitrogen and oxygen atoms in total. The molecule has 86 valence electrons. The molecule has 0 aliphatic heterocycles. The third-order valence-corrected chi connectivity index (χ3v) is 3.71. The van der Waals surface area contributed by atoms with Gasteiger partial charge >= 0.3 is 0 Å². The molecule has 0 unspecified atom stereocenters. The first-order chi connectivity index (χ1) is 6.37. The van der Waals surface area contributed by atoms with Gasteiger partial charge in [0.25, 0.3) is 0 Å². The molecule has 15 heavy (non-hydrogen) atoms. The molecule has 1 aromatic rings. The van der Waals surface area contributed by atoms with Gasteiger partial charge in [0.1, 0.15) is 4.84 Å². The van der Waals surface area contributed by atoms with Crippen molar-refractivity contribution in [1.29, 1.82) is 0 Å². The fraction of sp³-hybridized carbons (Fsp3) is 0.500. The molecule has 0 spiro atoms. The molecular formula is C12H16Cl2Ru. The molecule has 0 aliphatic carbocycles. The molecule has 0 atom stereocenters. The van der Waals surface area contributed by atoms with E-state index in [1.54, 1.807) is 0 Å². The van der Waals surface area contributed by atoms with Gasteiger partial charge in [0.05, 0.1) is 0 Å². The molecular weight excluding hydrogens is 316 g/mol. The smallest absolute Gasteiger partial charge is 0.100 e. The van der Waals surface area contributed by atoms with E-state index >= 15 is 0 Å². The quantitative estimate of drug-likeness (QED) is 0.516. The van der Waals surface area contributed by atoms with Gasteiger partial charge in [0, 0.05) is 19.5 Å². The Balaban J connectivity index is 0.00000196. The average Bonchev–Trinajstić information content (AvgIpc) is 2.11. The van der Waals surface area contributed by atoms with Crippen LogP contribution in [0.15, 0.2) is 0 Å². The second-order valence-corrected chi connectivity index (χ2v) is 4.94. The molecule has 0 radical (unpaired) electrons. The molecule has 0 aliphatic rings. The summed E-state index contributed by atoms with van der Waals surface area (Å²) < 4.78 is 0. The summed E-state index contributed by atoms with van der Waals surface area (Å²) in [5, 5.41) is 0. The summed E-state index contributed by atoms with van der Waals surface area (Å²) in [6, 6.07) is 0. The molecule has 3 heteroatoms. The number of benzene rings is 1. The number of halogens is 2. The molecule has 0 aromatic heterocycles. The van der Waals surface area contributed by atoms with E-state index in [1.807, 2.05) is 0 Å². The van der Waals surface area contributed by atoms with Gasteiger partial charge in [-0.1, -0.05) is 0 Å².